The normalized spacial score (nSPS) is 15.6. The molecule has 9 heteroatoms. The highest BCUT2D eigenvalue weighted by Crippen LogP contribution is 2.37. The maximum absolute atomic E-state index is 14.0. The molecule has 0 amide bonds. The van der Waals surface area contributed by atoms with E-state index in [0.717, 1.165) is 21.0 Å². The van der Waals surface area contributed by atoms with Crippen molar-refractivity contribution in [1.82, 2.24) is 19.2 Å². The largest absolute Gasteiger partial charge is 0.372 e. The maximum atomic E-state index is 14.0. The molecule has 1 unspecified atom stereocenters. The third-order valence-electron chi connectivity index (χ3n) is 6.53. The first kappa shape index (κ1) is 23.1. The summed E-state index contributed by atoms with van der Waals surface area (Å²) in [5.74, 6) is 1.02. The van der Waals surface area contributed by atoms with Crippen molar-refractivity contribution in [2.24, 2.45) is 5.92 Å². The van der Waals surface area contributed by atoms with Crippen LogP contribution >= 0.6 is 23.1 Å². The van der Waals surface area contributed by atoms with Gasteiger partial charge < -0.3 is 4.74 Å². The van der Waals surface area contributed by atoms with Crippen molar-refractivity contribution >= 4 is 44.9 Å². The van der Waals surface area contributed by atoms with Gasteiger partial charge in [0, 0.05) is 16.9 Å². The smallest absolute Gasteiger partial charge is 0.268 e. The minimum absolute atomic E-state index is 0.0172. The summed E-state index contributed by atoms with van der Waals surface area (Å²) in [6, 6.07) is 18.7. The van der Waals surface area contributed by atoms with E-state index >= 15 is 0 Å². The molecule has 6 rings (SSSR count). The van der Waals surface area contributed by atoms with Gasteiger partial charge in [-0.15, -0.1) is 21.5 Å². The lowest BCUT2D eigenvalue weighted by atomic mass is 9.96. The van der Waals surface area contributed by atoms with Gasteiger partial charge in [0.25, 0.3) is 5.56 Å². The van der Waals surface area contributed by atoms with Crippen molar-refractivity contribution in [3.05, 3.63) is 87.0 Å². The number of ether oxygens (including phenoxy) is 1. The summed E-state index contributed by atoms with van der Waals surface area (Å²) in [5, 5.41) is 10.1. The highest BCUT2D eigenvalue weighted by Gasteiger charge is 2.30. The van der Waals surface area contributed by atoms with Gasteiger partial charge in [-0.05, 0) is 23.6 Å². The van der Waals surface area contributed by atoms with E-state index in [1.54, 1.807) is 15.9 Å². The van der Waals surface area contributed by atoms with Crippen LogP contribution in [0.3, 0.4) is 0 Å². The molecule has 0 spiro atoms. The number of aromatic nitrogens is 4. The number of hydrogen-bond donors (Lipinski definition) is 0. The number of Topliss-reactive ketones (excluding diaryl/α,β-unsaturated/α-hetero) is 1. The Morgan fingerprint density at radius 3 is 2.56 bits per heavy atom. The minimum Gasteiger partial charge on any atom is -0.372 e. The third-order valence-corrected chi connectivity index (χ3v) is 8.65. The molecule has 7 nitrogen and oxygen atoms in total. The van der Waals surface area contributed by atoms with Crippen LogP contribution in [0.5, 0.6) is 0 Å². The third kappa shape index (κ3) is 3.87. The van der Waals surface area contributed by atoms with E-state index in [4.69, 9.17) is 4.74 Å². The summed E-state index contributed by atoms with van der Waals surface area (Å²) in [7, 11) is 0. The molecule has 1 aliphatic rings. The summed E-state index contributed by atoms with van der Waals surface area (Å²) in [6.07, 6.45) is 0.758. The monoisotopic (exact) mass is 516 g/mol. The van der Waals surface area contributed by atoms with Gasteiger partial charge in [0.2, 0.25) is 5.78 Å². The highest BCUT2D eigenvalue weighted by atomic mass is 32.2. The second kappa shape index (κ2) is 9.31. The van der Waals surface area contributed by atoms with E-state index < -0.39 is 0 Å². The SMILES string of the molecule is CC(C)C1Cc2c(sc3c2c(=O)n(-c2ccccc2)c2nnc(SCC(=O)c4ccccc4)n32)CO1. The average Bonchev–Trinajstić information content (AvgIpc) is 3.49. The molecule has 0 bridgehead atoms. The van der Waals surface area contributed by atoms with Gasteiger partial charge in [-0.3, -0.25) is 9.59 Å². The standard InChI is InChI=1S/C27H24N4O3S2/c1-16(2)21-13-19-22(14-34-21)36-25-23(19)24(33)30(18-11-7-4-8-12-18)26-28-29-27(31(25)26)35-15-20(32)17-9-5-3-6-10-17/h3-12,16,21H,13-15H2,1-2H3. The molecule has 0 saturated carbocycles. The Morgan fingerprint density at radius 1 is 1.11 bits per heavy atom. The predicted octanol–water partition coefficient (Wildman–Crippen LogP) is 5.17. The molecular weight excluding hydrogens is 492 g/mol. The second-order valence-electron chi connectivity index (χ2n) is 9.15. The molecular formula is C27H24N4O3S2. The summed E-state index contributed by atoms with van der Waals surface area (Å²) in [4.78, 5) is 28.7. The zero-order valence-corrected chi connectivity index (χ0v) is 21.5. The highest BCUT2D eigenvalue weighted by molar-refractivity contribution is 7.99. The molecule has 0 aliphatic carbocycles. The number of carbonyl (C=O) groups excluding carboxylic acids is 1. The summed E-state index contributed by atoms with van der Waals surface area (Å²) < 4.78 is 9.67. The summed E-state index contributed by atoms with van der Waals surface area (Å²) in [6.45, 7) is 4.77. The van der Waals surface area contributed by atoms with Gasteiger partial charge in [-0.2, -0.15) is 0 Å². The van der Waals surface area contributed by atoms with Gasteiger partial charge in [-0.1, -0.05) is 74.1 Å². The van der Waals surface area contributed by atoms with Crippen LogP contribution in [0.4, 0.5) is 0 Å². The zero-order valence-electron chi connectivity index (χ0n) is 19.9. The van der Waals surface area contributed by atoms with Crippen LogP contribution in [0.1, 0.15) is 34.6 Å². The maximum Gasteiger partial charge on any atom is 0.268 e. The lowest BCUT2D eigenvalue weighted by Gasteiger charge is -2.26. The molecule has 0 saturated heterocycles. The number of para-hydroxylation sites is 1. The van der Waals surface area contributed by atoms with Crippen LogP contribution < -0.4 is 5.56 Å². The molecule has 1 aliphatic heterocycles. The topological polar surface area (TPSA) is 78.5 Å². The van der Waals surface area contributed by atoms with Gasteiger partial charge >= 0.3 is 0 Å². The Bertz CT molecular complexity index is 1640. The number of thioether (sulfide) groups is 1. The lowest BCUT2D eigenvalue weighted by molar-refractivity contribution is 0.00200. The predicted molar refractivity (Wildman–Crippen MR) is 143 cm³/mol. The van der Waals surface area contributed by atoms with Gasteiger partial charge in [-0.25, -0.2) is 8.97 Å². The van der Waals surface area contributed by atoms with E-state index in [2.05, 4.69) is 24.0 Å². The fraction of sp³-hybridized carbons (Fsp3) is 0.259. The second-order valence-corrected chi connectivity index (χ2v) is 11.2. The Morgan fingerprint density at radius 2 is 1.83 bits per heavy atom. The van der Waals surface area contributed by atoms with Gasteiger partial charge in [0.15, 0.2) is 10.9 Å². The number of carbonyl (C=O) groups is 1. The molecule has 4 heterocycles. The number of thiophene rings is 1. The van der Waals surface area contributed by atoms with Crippen molar-refractivity contribution in [2.75, 3.05) is 5.75 Å². The van der Waals surface area contributed by atoms with Crippen LogP contribution in [0.25, 0.3) is 21.7 Å². The van der Waals surface area contributed by atoms with Gasteiger partial charge in [0.1, 0.15) is 4.83 Å². The number of rotatable bonds is 6. The molecule has 5 aromatic rings. The number of fused-ring (bicyclic) bond motifs is 5. The molecule has 2 aromatic carbocycles. The van der Waals surface area contributed by atoms with Crippen LogP contribution in [0.2, 0.25) is 0 Å². The van der Waals surface area contributed by atoms with Crippen molar-refractivity contribution in [3.8, 4) is 5.69 Å². The van der Waals surface area contributed by atoms with E-state index in [9.17, 15) is 9.59 Å². The van der Waals surface area contributed by atoms with E-state index in [-0.39, 0.29) is 23.2 Å². The van der Waals surface area contributed by atoms with Gasteiger partial charge in [0.05, 0.1) is 29.5 Å². The molecule has 182 valence electrons. The average molecular weight is 517 g/mol. The quantitative estimate of drug-likeness (QED) is 0.229. The lowest BCUT2D eigenvalue weighted by Crippen LogP contribution is -2.28. The van der Waals surface area contributed by atoms with Crippen LogP contribution in [0, 0.1) is 5.92 Å². The first-order valence-corrected chi connectivity index (χ1v) is 13.7. The molecule has 0 N–H and O–H groups in total. The van der Waals surface area contributed by atoms with Crippen molar-refractivity contribution < 1.29 is 9.53 Å². The van der Waals surface area contributed by atoms with Crippen molar-refractivity contribution in [3.63, 3.8) is 0 Å². The number of nitrogens with zero attached hydrogens (tertiary/aromatic N) is 4. The Hall–Kier alpha value is -3.27. The fourth-order valence-corrected chi connectivity index (χ4v) is 6.73. The Balaban J connectivity index is 1.54. The molecule has 0 radical (unpaired) electrons. The molecule has 3 aromatic heterocycles. The molecule has 36 heavy (non-hydrogen) atoms. The summed E-state index contributed by atoms with van der Waals surface area (Å²) in [5.41, 5.74) is 2.34. The van der Waals surface area contributed by atoms with Crippen LogP contribution in [-0.4, -0.2) is 36.8 Å². The number of hydrogen-bond acceptors (Lipinski definition) is 7. The van der Waals surface area contributed by atoms with E-state index in [0.29, 0.717) is 40.8 Å². The molecule has 1 atom stereocenters. The van der Waals surface area contributed by atoms with Crippen LogP contribution in [-0.2, 0) is 17.8 Å². The van der Waals surface area contributed by atoms with E-state index in [1.807, 2.05) is 65.1 Å². The van der Waals surface area contributed by atoms with Crippen LogP contribution in [0.15, 0.2) is 70.6 Å². The minimum atomic E-state index is -0.102. The van der Waals surface area contributed by atoms with E-state index in [1.165, 1.54) is 11.8 Å². The zero-order chi connectivity index (χ0) is 24.8. The number of ketones is 1. The Labute approximate surface area is 215 Å². The van der Waals surface area contributed by atoms with Crippen molar-refractivity contribution in [2.45, 2.75) is 38.1 Å². The Kier molecular flexibility index (Phi) is 5.99. The molecule has 0 fully saturated rings. The fourth-order valence-electron chi connectivity index (χ4n) is 4.61. The first-order chi connectivity index (χ1) is 17.5. The van der Waals surface area contributed by atoms with Crippen molar-refractivity contribution in [1.29, 1.82) is 0 Å². The summed E-state index contributed by atoms with van der Waals surface area (Å²) >= 11 is 2.89. The number of benzene rings is 2. The first-order valence-electron chi connectivity index (χ1n) is 11.9.